The number of fused-ring (bicyclic) bond motifs is 3. The third-order valence-electron chi connectivity index (χ3n) is 4.41. The molecule has 4 rings (SSSR count). The first-order valence-corrected chi connectivity index (χ1v) is 7.47. The maximum atomic E-state index is 10.5. The summed E-state index contributed by atoms with van der Waals surface area (Å²) in [7, 11) is 0. The fourth-order valence-electron chi connectivity index (χ4n) is 3.18. The molecular formula is C19H15NO4. The van der Waals surface area contributed by atoms with E-state index >= 15 is 0 Å². The van der Waals surface area contributed by atoms with Gasteiger partial charge in [-0.25, -0.2) is 0 Å². The standard InChI is InChI=1S/C19H15NO4/c1-10-16(21)15(18(23)19(24)17(10)22)20-13-8-4-2-6-11(13)12-7-3-5-9-14(12)20/h2-9,21-24H,1H3. The zero-order valence-electron chi connectivity index (χ0n) is 12.9. The van der Waals surface area contributed by atoms with Crippen molar-refractivity contribution in [1.82, 2.24) is 4.57 Å². The molecule has 1 aromatic heterocycles. The predicted octanol–water partition coefficient (Wildman–Crippen LogP) is 3.91. The third-order valence-corrected chi connectivity index (χ3v) is 4.41. The molecular weight excluding hydrogens is 306 g/mol. The monoisotopic (exact) mass is 321 g/mol. The SMILES string of the molecule is Cc1c(O)c(O)c(O)c(-n2c3ccccc3c3ccccc32)c1O. The highest BCUT2D eigenvalue weighted by atomic mass is 16.3. The van der Waals surface area contributed by atoms with Gasteiger partial charge in [-0.3, -0.25) is 0 Å². The van der Waals surface area contributed by atoms with Crippen molar-refractivity contribution < 1.29 is 20.4 Å². The number of aromatic hydroxyl groups is 4. The molecule has 0 saturated carbocycles. The Morgan fingerprint density at radius 1 is 0.625 bits per heavy atom. The lowest BCUT2D eigenvalue weighted by Crippen LogP contribution is -1.97. The van der Waals surface area contributed by atoms with Gasteiger partial charge in [-0.05, 0) is 19.1 Å². The van der Waals surface area contributed by atoms with Crippen LogP contribution in [0.15, 0.2) is 48.5 Å². The summed E-state index contributed by atoms with van der Waals surface area (Å²) in [5.41, 5.74) is 1.69. The van der Waals surface area contributed by atoms with Gasteiger partial charge in [-0.2, -0.15) is 0 Å². The van der Waals surface area contributed by atoms with Crippen molar-refractivity contribution >= 4 is 21.8 Å². The molecule has 0 amide bonds. The van der Waals surface area contributed by atoms with Crippen LogP contribution in [0.25, 0.3) is 27.5 Å². The molecule has 4 aromatic rings. The second-order valence-corrected chi connectivity index (χ2v) is 5.74. The molecule has 0 aliphatic carbocycles. The maximum absolute atomic E-state index is 10.5. The van der Waals surface area contributed by atoms with Crippen molar-refractivity contribution in [3.8, 4) is 28.7 Å². The topological polar surface area (TPSA) is 85.9 Å². The zero-order chi connectivity index (χ0) is 17.0. The van der Waals surface area contributed by atoms with Crippen LogP contribution in [0, 0.1) is 6.92 Å². The Bertz CT molecular complexity index is 1030. The summed E-state index contributed by atoms with van der Waals surface area (Å²) >= 11 is 0. The summed E-state index contributed by atoms with van der Waals surface area (Å²) in [5, 5.41) is 42.7. The van der Waals surface area contributed by atoms with Crippen LogP contribution < -0.4 is 0 Å². The van der Waals surface area contributed by atoms with Crippen molar-refractivity contribution in [2.24, 2.45) is 0 Å². The molecule has 0 spiro atoms. The van der Waals surface area contributed by atoms with E-state index in [0.29, 0.717) is 0 Å². The van der Waals surface area contributed by atoms with E-state index < -0.39 is 17.2 Å². The lowest BCUT2D eigenvalue weighted by Gasteiger charge is -2.16. The van der Waals surface area contributed by atoms with Gasteiger partial charge >= 0.3 is 0 Å². The molecule has 0 radical (unpaired) electrons. The fourth-order valence-corrected chi connectivity index (χ4v) is 3.18. The minimum atomic E-state index is -0.651. The van der Waals surface area contributed by atoms with Gasteiger partial charge in [0.2, 0.25) is 5.75 Å². The van der Waals surface area contributed by atoms with Gasteiger partial charge in [0.05, 0.1) is 11.0 Å². The maximum Gasteiger partial charge on any atom is 0.203 e. The molecule has 5 nitrogen and oxygen atoms in total. The lowest BCUT2D eigenvalue weighted by atomic mass is 10.1. The number of rotatable bonds is 1. The molecule has 4 N–H and O–H groups in total. The van der Waals surface area contributed by atoms with E-state index in [1.165, 1.54) is 6.92 Å². The van der Waals surface area contributed by atoms with Gasteiger partial charge in [0, 0.05) is 16.3 Å². The molecule has 5 heteroatoms. The number of benzene rings is 3. The molecule has 0 aliphatic rings. The zero-order valence-corrected chi connectivity index (χ0v) is 12.9. The minimum absolute atomic E-state index is 0.0419. The average Bonchev–Trinajstić information content (AvgIpc) is 2.94. The summed E-state index contributed by atoms with van der Waals surface area (Å²) in [6.07, 6.45) is 0. The van der Waals surface area contributed by atoms with Crippen LogP contribution >= 0.6 is 0 Å². The van der Waals surface area contributed by atoms with Gasteiger partial charge in [-0.15, -0.1) is 0 Å². The van der Waals surface area contributed by atoms with Gasteiger partial charge < -0.3 is 25.0 Å². The second-order valence-electron chi connectivity index (χ2n) is 5.74. The Hall–Kier alpha value is -3.34. The summed E-state index contributed by atoms with van der Waals surface area (Å²) in [6.45, 7) is 1.47. The summed E-state index contributed by atoms with van der Waals surface area (Å²) < 4.78 is 1.68. The van der Waals surface area contributed by atoms with Crippen molar-refractivity contribution in [3.05, 3.63) is 54.1 Å². The number of phenolic OH excluding ortho intramolecular Hbond substituents is 4. The van der Waals surface area contributed by atoms with Gasteiger partial charge in [0.15, 0.2) is 11.5 Å². The predicted molar refractivity (Wildman–Crippen MR) is 92.2 cm³/mol. The van der Waals surface area contributed by atoms with E-state index in [4.69, 9.17) is 0 Å². The first-order chi connectivity index (χ1) is 11.5. The largest absolute Gasteiger partial charge is 0.505 e. The van der Waals surface area contributed by atoms with Crippen molar-refractivity contribution in [1.29, 1.82) is 0 Å². The smallest absolute Gasteiger partial charge is 0.203 e. The molecule has 0 bridgehead atoms. The van der Waals surface area contributed by atoms with E-state index in [-0.39, 0.29) is 17.0 Å². The molecule has 1 heterocycles. The van der Waals surface area contributed by atoms with E-state index in [2.05, 4.69) is 0 Å². The minimum Gasteiger partial charge on any atom is -0.505 e. The molecule has 0 saturated heterocycles. The first-order valence-electron chi connectivity index (χ1n) is 7.47. The van der Waals surface area contributed by atoms with E-state index in [1.807, 2.05) is 48.5 Å². The van der Waals surface area contributed by atoms with E-state index in [0.717, 1.165) is 21.8 Å². The van der Waals surface area contributed by atoms with Crippen LogP contribution in [0.2, 0.25) is 0 Å². The summed E-state index contributed by atoms with van der Waals surface area (Å²) in [5.74, 6) is -2.03. The average molecular weight is 321 g/mol. The molecule has 120 valence electrons. The van der Waals surface area contributed by atoms with Crippen LogP contribution in [0.4, 0.5) is 0 Å². The number of para-hydroxylation sites is 2. The highest BCUT2D eigenvalue weighted by Crippen LogP contribution is 2.50. The molecule has 3 aromatic carbocycles. The highest BCUT2D eigenvalue weighted by Gasteiger charge is 2.24. The van der Waals surface area contributed by atoms with E-state index in [9.17, 15) is 20.4 Å². The quantitative estimate of drug-likeness (QED) is 0.316. The van der Waals surface area contributed by atoms with Gasteiger partial charge in [-0.1, -0.05) is 36.4 Å². The van der Waals surface area contributed by atoms with Crippen LogP contribution in [-0.2, 0) is 0 Å². The Balaban J connectivity index is 2.26. The van der Waals surface area contributed by atoms with Gasteiger partial charge in [0.1, 0.15) is 11.4 Å². The second kappa shape index (κ2) is 4.83. The van der Waals surface area contributed by atoms with Crippen LogP contribution in [0.1, 0.15) is 5.56 Å². The van der Waals surface area contributed by atoms with Crippen LogP contribution in [-0.4, -0.2) is 25.0 Å². The van der Waals surface area contributed by atoms with Crippen LogP contribution in [0.3, 0.4) is 0 Å². The Kier molecular flexibility index (Phi) is 2.87. The number of nitrogens with zero attached hydrogens (tertiary/aromatic N) is 1. The summed E-state index contributed by atoms with van der Waals surface area (Å²) in [6, 6.07) is 15.2. The molecule has 0 atom stereocenters. The molecule has 0 unspecified atom stereocenters. The number of hydrogen-bond acceptors (Lipinski definition) is 4. The molecule has 0 fully saturated rings. The van der Waals surface area contributed by atoms with Crippen LogP contribution in [0.5, 0.6) is 23.0 Å². The number of hydrogen-bond donors (Lipinski definition) is 4. The lowest BCUT2D eigenvalue weighted by molar-refractivity contribution is 0.357. The third kappa shape index (κ3) is 1.69. The van der Waals surface area contributed by atoms with Crippen molar-refractivity contribution in [3.63, 3.8) is 0 Å². The Morgan fingerprint density at radius 3 is 1.67 bits per heavy atom. The number of phenols is 4. The highest BCUT2D eigenvalue weighted by molar-refractivity contribution is 6.09. The fraction of sp³-hybridized carbons (Fsp3) is 0.0526. The Labute approximate surface area is 137 Å². The summed E-state index contributed by atoms with van der Waals surface area (Å²) in [4.78, 5) is 0. The molecule has 24 heavy (non-hydrogen) atoms. The number of aromatic nitrogens is 1. The van der Waals surface area contributed by atoms with Crippen molar-refractivity contribution in [2.75, 3.05) is 0 Å². The Morgan fingerprint density at radius 2 is 1.12 bits per heavy atom. The van der Waals surface area contributed by atoms with Gasteiger partial charge in [0.25, 0.3) is 0 Å². The molecule has 0 aliphatic heterocycles. The normalized spacial score (nSPS) is 11.4. The van der Waals surface area contributed by atoms with Crippen molar-refractivity contribution in [2.45, 2.75) is 6.92 Å². The first kappa shape index (κ1) is 14.3. The van der Waals surface area contributed by atoms with E-state index in [1.54, 1.807) is 4.57 Å².